The monoisotopic (exact) mass is 293 g/mol. The summed E-state index contributed by atoms with van der Waals surface area (Å²) in [5, 5.41) is 12.6. The van der Waals surface area contributed by atoms with Crippen molar-refractivity contribution in [3.63, 3.8) is 0 Å². The zero-order valence-corrected chi connectivity index (χ0v) is 11.1. The molecule has 2 aromatic rings. The predicted octanol–water partition coefficient (Wildman–Crippen LogP) is 2.02. The van der Waals surface area contributed by atoms with E-state index in [0.29, 0.717) is 22.9 Å². The van der Waals surface area contributed by atoms with E-state index >= 15 is 0 Å². The van der Waals surface area contributed by atoms with Gasteiger partial charge in [-0.15, -0.1) is 12.4 Å². The Kier molecular flexibility index (Phi) is 3.74. The van der Waals surface area contributed by atoms with Crippen molar-refractivity contribution >= 4 is 46.2 Å². The Labute approximate surface area is 118 Å². The summed E-state index contributed by atoms with van der Waals surface area (Å²) in [4.78, 5) is 18.4. The molecular formula is C11H8ClN5OS. The maximum atomic E-state index is 11.0. The molecule has 0 unspecified atom stereocenters. The van der Waals surface area contributed by atoms with Crippen LogP contribution in [0.1, 0.15) is 11.4 Å². The molecule has 6 nitrogen and oxygen atoms in total. The summed E-state index contributed by atoms with van der Waals surface area (Å²) >= 11 is 1.15. The van der Waals surface area contributed by atoms with Crippen LogP contribution in [0.25, 0.3) is 11.0 Å². The number of amides is 1. The van der Waals surface area contributed by atoms with E-state index in [1.165, 1.54) is 0 Å². The number of nitrogens with zero attached hydrogens (tertiary/aromatic N) is 3. The van der Waals surface area contributed by atoms with Crippen LogP contribution in [0.5, 0.6) is 0 Å². The largest absolute Gasteiger partial charge is 0.337 e. The number of H-pyrrole nitrogens is 1. The molecule has 96 valence electrons. The van der Waals surface area contributed by atoms with E-state index in [1.54, 1.807) is 18.2 Å². The maximum absolute atomic E-state index is 11.0. The summed E-state index contributed by atoms with van der Waals surface area (Å²) < 4.78 is 0. The van der Waals surface area contributed by atoms with Gasteiger partial charge in [0.2, 0.25) is 0 Å². The summed E-state index contributed by atoms with van der Waals surface area (Å²) in [5.41, 5.74) is 5.22. The fraction of sp³-hybridized carbons (Fsp3) is 0.0909. The summed E-state index contributed by atoms with van der Waals surface area (Å²) in [6.45, 7) is 0. The van der Waals surface area contributed by atoms with Crippen molar-refractivity contribution < 1.29 is 4.79 Å². The molecule has 2 N–H and O–H groups in total. The van der Waals surface area contributed by atoms with Crippen LogP contribution < -0.4 is 5.43 Å². The molecule has 0 spiro atoms. The molecule has 0 fully saturated rings. The van der Waals surface area contributed by atoms with Crippen molar-refractivity contribution in [2.45, 2.75) is 0 Å². The molecule has 3 rings (SSSR count). The number of hydrazone groups is 1. The Balaban J connectivity index is 0.00000133. The van der Waals surface area contributed by atoms with Crippen LogP contribution in [-0.2, 0) is 0 Å². The second-order valence-corrected chi connectivity index (χ2v) is 4.62. The molecule has 1 aliphatic heterocycles. The third-order valence-corrected chi connectivity index (χ3v) is 3.28. The lowest BCUT2D eigenvalue weighted by atomic mass is 10.2. The van der Waals surface area contributed by atoms with Crippen molar-refractivity contribution in [3.05, 3.63) is 29.6 Å². The van der Waals surface area contributed by atoms with E-state index in [-0.39, 0.29) is 17.6 Å². The number of halogens is 1. The van der Waals surface area contributed by atoms with Gasteiger partial charge in [-0.05, 0) is 18.2 Å². The van der Waals surface area contributed by atoms with Gasteiger partial charge in [0.05, 0.1) is 28.4 Å². The first kappa shape index (κ1) is 13.4. The fourth-order valence-electron chi connectivity index (χ4n) is 1.65. The molecule has 19 heavy (non-hydrogen) atoms. The van der Waals surface area contributed by atoms with Gasteiger partial charge in [0, 0.05) is 0 Å². The van der Waals surface area contributed by atoms with Gasteiger partial charge >= 0.3 is 0 Å². The molecule has 8 heteroatoms. The lowest BCUT2D eigenvalue weighted by Gasteiger charge is -2.08. The van der Waals surface area contributed by atoms with Gasteiger partial charge in [0.15, 0.2) is 5.82 Å². The van der Waals surface area contributed by atoms with Crippen molar-refractivity contribution in [1.29, 1.82) is 5.26 Å². The lowest BCUT2D eigenvalue weighted by molar-refractivity contribution is 0.261. The summed E-state index contributed by atoms with van der Waals surface area (Å²) in [5.74, 6) is 1.10. The summed E-state index contributed by atoms with van der Waals surface area (Å²) in [7, 11) is 0. The summed E-state index contributed by atoms with van der Waals surface area (Å²) in [6, 6.07) is 7.31. The van der Waals surface area contributed by atoms with Crippen LogP contribution in [0.4, 0.5) is 4.79 Å². The minimum atomic E-state index is -0.165. The molecule has 1 aromatic heterocycles. The number of carbonyl (C=O) groups excluding carboxylic acids is 1. The van der Waals surface area contributed by atoms with Gasteiger partial charge in [-0.2, -0.15) is 10.4 Å². The van der Waals surface area contributed by atoms with E-state index < -0.39 is 0 Å². The van der Waals surface area contributed by atoms with Gasteiger partial charge in [-0.1, -0.05) is 11.8 Å². The smallest absolute Gasteiger partial charge is 0.299 e. The molecular weight excluding hydrogens is 286 g/mol. The molecule has 1 amide bonds. The molecule has 0 saturated carbocycles. The number of nitriles is 1. The first-order valence-corrected chi connectivity index (χ1v) is 6.14. The number of benzene rings is 1. The summed E-state index contributed by atoms with van der Waals surface area (Å²) in [6.07, 6.45) is 0. The maximum Gasteiger partial charge on any atom is 0.299 e. The number of fused-ring (bicyclic) bond motifs is 1. The van der Waals surface area contributed by atoms with Gasteiger partial charge in [0.25, 0.3) is 5.24 Å². The first-order chi connectivity index (χ1) is 8.76. The van der Waals surface area contributed by atoms with Crippen LogP contribution in [0.2, 0.25) is 0 Å². The zero-order chi connectivity index (χ0) is 12.5. The third-order valence-electron chi connectivity index (χ3n) is 2.51. The van der Waals surface area contributed by atoms with Gasteiger partial charge in [-0.25, -0.2) is 10.4 Å². The van der Waals surface area contributed by atoms with E-state index in [4.69, 9.17) is 5.26 Å². The molecule has 0 bridgehead atoms. The highest BCUT2D eigenvalue weighted by Crippen LogP contribution is 2.16. The van der Waals surface area contributed by atoms with E-state index in [0.717, 1.165) is 22.8 Å². The fourth-order valence-corrected chi connectivity index (χ4v) is 2.23. The van der Waals surface area contributed by atoms with Crippen LogP contribution in [-0.4, -0.2) is 26.7 Å². The van der Waals surface area contributed by atoms with Gasteiger partial charge < -0.3 is 4.98 Å². The molecule has 0 atom stereocenters. The Bertz CT molecular complexity index is 717. The average molecular weight is 294 g/mol. The first-order valence-electron chi connectivity index (χ1n) is 5.16. The van der Waals surface area contributed by atoms with Gasteiger partial charge in [0.1, 0.15) is 5.71 Å². The van der Waals surface area contributed by atoms with Crippen molar-refractivity contribution in [2.24, 2.45) is 5.10 Å². The molecule has 0 radical (unpaired) electrons. The van der Waals surface area contributed by atoms with E-state index in [2.05, 4.69) is 26.6 Å². The molecule has 0 saturated heterocycles. The number of aromatic amines is 1. The lowest BCUT2D eigenvalue weighted by Crippen LogP contribution is -2.24. The minimum Gasteiger partial charge on any atom is -0.337 e. The quantitative estimate of drug-likeness (QED) is 0.841. The van der Waals surface area contributed by atoms with Crippen molar-refractivity contribution in [2.75, 3.05) is 5.75 Å². The Morgan fingerprint density at radius 1 is 1.42 bits per heavy atom. The SMILES string of the molecule is Cl.N#Cc1ccc2nc(C3=NNC(=O)SC3)[nH]c2c1. The molecule has 1 aromatic carbocycles. The number of aromatic nitrogens is 2. The standard InChI is InChI=1S/C11H7N5OS.ClH/c12-4-6-1-2-7-8(3-6)14-10(13-7)9-5-18-11(17)16-15-9;/h1-3H,5H2,(H,13,14)(H,16,17);1H. The highest BCUT2D eigenvalue weighted by molar-refractivity contribution is 8.14. The predicted molar refractivity (Wildman–Crippen MR) is 75.6 cm³/mol. The Morgan fingerprint density at radius 3 is 2.95 bits per heavy atom. The molecule has 2 heterocycles. The Hall–Kier alpha value is -2.04. The molecule has 1 aliphatic rings. The highest BCUT2D eigenvalue weighted by atomic mass is 35.5. The van der Waals surface area contributed by atoms with Crippen LogP contribution in [0.15, 0.2) is 23.3 Å². The number of hydrogen-bond acceptors (Lipinski definition) is 5. The zero-order valence-electron chi connectivity index (χ0n) is 9.51. The van der Waals surface area contributed by atoms with Gasteiger partial charge in [-0.3, -0.25) is 4.79 Å². The second-order valence-electron chi connectivity index (χ2n) is 3.68. The number of hydrogen-bond donors (Lipinski definition) is 2. The number of imidazole rings is 1. The van der Waals surface area contributed by atoms with Crippen molar-refractivity contribution in [3.8, 4) is 6.07 Å². The number of carbonyl (C=O) groups is 1. The minimum absolute atomic E-state index is 0. The van der Waals surface area contributed by atoms with Crippen LogP contribution in [0.3, 0.4) is 0 Å². The van der Waals surface area contributed by atoms with Crippen molar-refractivity contribution in [1.82, 2.24) is 15.4 Å². The number of rotatable bonds is 1. The second kappa shape index (κ2) is 5.30. The van der Waals surface area contributed by atoms with Crippen LogP contribution in [0, 0.1) is 11.3 Å². The molecule has 0 aliphatic carbocycles. The number of thioether (sulfide) groups is 1. The Morgan fingerprint density at radius 2 is 2.26 bits per heavy atom. The highest BCUT2D eigenvalue weighted by Gasteiger charge is 2.16. The van der Waals surface area contributed by atoms with Crippen LogP contribution >= 0.6 is 24.2 Å². The van der Waals surface area contributed by atoms with E-state index in [9.17, 15) is 4.79 Å². The average Bonchev–Trinajstić information content (AvgIpc) is 2.82. The third kappa shape index (κ3) is 2.54. The number of nitrogens with one attached hydrogen (secondary N) is 2. The normalized spacial score (nSPS) is 14.3. The topological polar surface area (TPSA) is 93.9 Å². The van der Waals surface area contributed by atoms with E-state index in [1.807, 2.05) is 0 Å².